The van der Waals surface area contributed by atoms with Gasteiger partial charge in [0.15, 0.2) is 5.75 Å². The van der Waals surface area contributed by atoms with Crippen LogP contribution >= 0.6 is 0 Å². The number of carbonyl (C=O) groups excluding carboxylic acids is 2. The zero-order valence-electron chi connectivity index (χ0n) is 16.6. The minimum absolute atomic E-state index is 0.0000620. The number of carbonyl (C=O) groups is 2. The molecule has 0 spiro atoms. The zero-order chi connectivity index (χ0) is 20.9. The number of benzene rings is 3. The van der Waals surface area contributed by atoms with Crippen molar-refractivity contribution in [1.29, 1.82) is 0 Å². The Balaban J connectivity index is 1.50. The van der Waals surface area contributed by atoms with Crippen molar-refractivity contribution in [3.05, 3.63) is 77.9 Å². The number of ether oxygens (including phenoxy) is 2. The smallest absolute Gasteiger partial charge is 0.255 e. The van der Waals surface area contributed by atoms with Crippen molar-refractivity contribution in [3.63, 3.8) is 0 Å². The standard InChI is InChI=1S/C24H22N2O4/c1-2-29-18-9-11-19(12-10-18)30-22-6-4-3-5-21(22)26-24(28)17-7-13-20-16(15-17)8-14-23(27)25-20/h3-7,9-13,15H,2,8,14H2,1H3,(H,25,27)(H,26,28). The summed E-state index contributed by atoms with van der Waals surface area (Å²) in [7, 11) is 0. The van der Waals surface area contributed by atoms with Gasteiger partial charge in [0.1, 0.15) is 11.5 Å². The van der Waals surface area contributed by atoms with Gasteiger partial charge in [-0.25, -0.2) is 0 Å². The minimum Gasteiger partial charge on any atom is -0.494 e. The van der Waals surface area contributed by atoms with Crippen LogP contribution < -0.4 is 20.1 Å². The molecule has 1 heterocycles. The van der Waals surface area contributed by atoms with E-state index in [-0.39, 0.29) is 11.8 Å². The van der Waals surface area contributed by atoms with Crippen LogP contribution in [0, 0.1) is 0 Å². The lowest BCUT2D eigenvalue weighted by atomic mass is 10.00. The lowest BCUT2D eigenvalue weighted by Crippen LogP contribution is -2.20. The number of fused-ring (bicyclic) bond motifs is 1. The molecule has 3 aromatic rings. The zero-order valence-corrected chi connectivity index (χ0v) is 16.6. The molecule has 152 valence electrons. The maximum absolute atomic E-state index is 12.8. The van der Waals surface area contributed by atoms with E-state index in [9.17, 15) is 9.59 Å². The van der Waals surface area contributed by atoms with Gasteiger partial charge in [-0.1, -0.05) is 12.1 Å². The van der Waals surface area contributed by atoms with Crippen molar-refractivity contribution >= 4 is 23.2 Å². The molecule has 0 fully saturated rings. The van der Waals surface area contributed by atoms with Gasteiger partial charge >= 0.3 is 0 Å². The summed E-state index contributed by atoms with van der Waals surface area (Å²) in [6.07, 6.45) is 1.05. The van der Waals surface area contributed by atoms with Gasteiger partial charge in [0.05, 0.1) is 12.3 Å². The third-order valence-electron chi connectivity index (χ3n) is 4.76. The molecule has 4 rings (SSSR count). The predicted molar refractivity (Wildman–Crippen MR) is 115 cm³/mol. The van der Waals surface area contributed by atoms with Gasteiger partial charge in [-0.05, 0) is 73.5 Å². The Morgan fingerprint density at radius 3 is 2.57 bits per heavy atom. The summed E-state index contributed by atoms with van der Waals surface area (Å²) < 4.78 is 11.4. The summed E-state index contributed by atoms with van der Waals surface area (Å²) in [4.78, 5) is 24.3. The highest BCUT2D eigenvalue weighted by atomic mass is 16.5. The first kappa shape index (κ1) is 19.5. The maximum atomic E-state index is 12.8. The van der Waals surface area contributed by atoms with Crippen molar-refractivity contribution in [1.82, 2.24) is 0 Å². The molecule has 6 nitrogen and oxygen atoms in total. The van der Waals surface area contributed by atoms with Crippen molar-refractivity contribution in [3.8, 4) is 17.2 Å². The molecule has 0 radical (unpaired) electrons. The monoisotopic (exact) mass is 402 g/mol. The summed E-state index contributed by atoms with van der Waals surface area (Å²) in [6, 6.07) is 19.9. The largest absolute Gasteiger partial charge is 0.494 e. The van der Waals surface area contributed by atoms with Crippen LogP contribution in [0.4, 0.5) is 11.4 Å². The number of hydrogen-bond acceptors (Lipinski definition) is 4. The Hall–Kier alpha value is -3.80. The van der Waals surface area contributed by atoms with Crippen LogP contribution in [0.5, 0.6) is 17.2 Å². The summed E-state index contributed by atoms with van der Waals surface area (Å²) in [5.41, 5.74) is 2.83. The van der Waals surface area contributed by atoms with Crippen LogP contribution in [0.25, 0.3) is 0 Å². The number of anilines is 2. The molecule has 1 aliphatic heterocycles. The van der Waals surface area contributed by atoms with Crippen LogP contribution in [0.3, 0.4) is 0 Å². The Bertz CT molecular complexity index is 1080. The number of para-hydroxylation sites is 2. The highest BCUT2D eigenvalue weighted by Gasteiger charge is 2.17. The first-order valence-corrected chi connectivity index (χ1v) is 9.86. The summed E-state index contributed by atoms with van der Waals surface area (Å²) in [5, 5.41) is 5.74. The first-order valence-electron chi connectivity index (χ1n) is 9.86. The lowest BCUT2D eigenvalue weighted by molar-refractivity contribution is -0.116. The van der Waals surface area contributed by atoms with Gasteiger partial charge in [-0.3, -0.25) is 9.59 Å². The van der Waals surface area contributed by atoms with E-state index < -0.39 is 0 Å². The Labute approximate surface area is 174 Å². The SMILES string of the molecule is CCOc1ccc(Oc2ccccc2NC(=O)c2ccc3c(c2)CCC(=O)N3)cc1. The van der Waals surface area contributed by atoms with E-state index in [2.05, 4.69) is 10.6 Å². The average Bonchev–Trinajstić information content (AvgIpc) is 2.76. The Morgan fingerprint density at radius 1 is 1.00 bits per heavy atom. The van der Waals surface area contributed by atoms with Crippen molar-refractivity contribution in [2.75, 3.05) is 17.2 Å². The Kier molecular flexibility index (Phi) is 5.66. The molecule has 2 N–H and O–H groups in total. The summed E-state index contributed by atoms with van der Waals surface area (Å²) >= 11 is 0. The Morgan fingerprint density at radius 2 is 1.77 bits per heavy atom. The molecule has 2 amide bonds. The molecule has 3 aromatic carbocycles. The van der Waals surface area contributed by atoms with Crippen LogP contribution in [0.1, 0.15) is 29.3 Å². The highest BCUT2D eigenvalue weighted by Crippen LogP contribution is 2.31. The second kappa shape index (κ2) is 8.69. The van der Waals surface area contributed by atoms with E-state index in [1.54, 1.807) is 24.3 Å². The average molecular weight is 402 g/mol. The number of amides is 2. The molecular weight excluding hydrogens is 380 g/mol. The molecule has 0 bridgehead atoms. The van der Waals surface area contributed by atoms with Crippen LogP contribution in [0.2, 0.25) is 0 Å². The fraction of sp³-hybridized carbons (Fsp3) is 0.167. The second-order valence-electron chi connectivity index (χ2n) is 6.88. The fourth-order valence-electron chi connectivity index (χ4n) is 3.28. The van der Waals surface area contributed by atoms with Crippen molar-refractivity contribution in [2.45, 2.75) is 19.8 Å². The molecule has 0 saturated heterocycles. The number of hydrogen-bond donors (Lipinski definition) is 2. The van der Waals surface area contributed by atoms with Gasteiger partial charge < -0.3 is 20.1 Å². The minimum atomic E-state index is -0.238. The molecule has 0 atom stereocenters. The second-order valence-corrected chi connectivity index (χ2v) is 6.88. The number of aryl methyl sites for hydroxylation is 1. The molecule has 6 heteroatoms. The highest BCUT2D eigenvalue weighted by molar-refractivity contribution is 6.06. The third-order valence-corrected chi connectivity index (χ3v) is 4.76. The van der Waals surface area contributed by atoms with Gasteiger partial charge in [0, 0.05) is 17.7 Å². The van der Waals surface area contributed by atoms with E-state index in [0.717, 1.165) is 17.0 Å². The van der Waals surface area contributed by atoms with E-state index in [4.69, 9.17) is 9.47 Å². The molecule has 0 aliphatic carbocycles. The maximum Gasteiger partial charge on any atom is 0.255 e. The summed E-state index contributed by atoms with van der Waals surface area (Å²) in [5.74, 6) is 1.72. The van der Waals surface area contributed by atoms with Gasteiger partial charge in [-0.2, -0.15) is 0 Å². The molecule has 0 unspecified atom stereocenters. The molecule has 0 aromatic heterocycles. The van der Waals surface area contributed by atoms with E-state index in [1.807, 2.05) is 49.4 Å². The van der Waals surface area contributed by atoms with Gasteiger partial charge in [-0.15, -0.1) is 0 Å². The third kappa shape index (κ3) is 4.43. The molecule has 1 aliphatic rings. The molecule has 0 saturated carbocycles. The van der Waals surface area contributed by atoms with Crippen LogP contribution in [0.15, 0.2) is 66.7 Å². The molecular formula is C24H22N2O4. The predicted octanol–water partition coefficient (Wildman–Crippen LogP) is 5.01. The van der Waals surface area contributed by atoms with Gasteiger partial charge in [0.2, 0.25) is 5.91 Å². The van der Waals surface area contributed by atoms with Crippen LogP contribution in [-0.4, -0.2) is 18.4 Å². The quantitative estimate of drug-likeness (QED) is 0.607. The van der Waals surface area contributed by atoms with Crippen molar-refractivity contribution in [2.24, 2.45) is 0 Å². The van der Waals surface area contributed by atoms with E-state index in [1.165, 1.54) is 0 Å². The fourth-order valence-corrected chi connectivity index (χ4v) is 3.28. The first-order chi connectivity index (χ1) is 14.6. The topological polar surface area (TPSA) is 76.7 Å². The molecule has 30 heavy (non-hydrogen) atoms. The van der Waals surface area contributed by atoms with Crippen molar-refractivity contribution < 1.29 is 19.1 Å². The number of nitrogens with one attached hydrogen (secondary N) is 2. The van der Waals surface area contributed by atoms with E-state index in [0.29, 0.717) is 42.2 Å². The summed E-state index contributed by atoms with van der Waals surface area (Å²) in [6.45, 7) is 2.53. The normalized spacial score (nSPS) is 12.5. The van der Waals surface area contributed by atoms with Gasteiger partial charge in [0.25, 0.3) is 5.91 Å². The number of rotatable bonds is 6. The van der Waals surface area contributed by atoms with E-state index >= 15 is 0 Å². The van der Waals surface area contributed by atoms with Crippen LogP contribution in [-0.2, 0) is 11.2 Å². The lowest BCUT2D eigenvalue weighted by Gasteiger charge is -2.18.